The number of ether oxygens (including phenoxy) is 1. The van der Waals surface area contributed by atoms with E-state index in [2.05, 4.69) is 15.4 Å². The minimum absolute atomic E-state index is 0. The van der Waals surface area contributed by atoms with E-state index < -0.39 is 6.61 Å². The van der Waals surface area contributed by atoms with E-state index in [4.69, 9.17) is 0 Å². The number of rotatable bonds is 6. The summed E-state index contributed by atoms with van der Waals surface area (Å²) >= 11 is 0. The normalized spacial score (nSPS) is 15.2. The standard InChI is InChI=1S/C15H20F2N2O2.ClH/c16-15(17)21-13-4-2-1-3-12(13)10-19-14(20)9-11-5-7-18-8-6-11;/h1-4,11,15,18H,5-10H2,(H,19,20);1H. The number of nitrogens with one attached hydrogen (secondary N) is 2. The number of amides is 1. The lowest BCUT2D eigenvalue weighted by Crippen LogP contribution is -2.32. The Balaban J connectivity index is 0.00000242. The zero-order chi connectivity index (χ0) is 15.1. The number of alkyl halides is 2. The average molecular weight is 335 g/mol. The summed E-state index contributed by atoms with van der Waals surface area (Å²) in [6.07, 6.45) is 2.48. The van der Waals surface area contributed by atoms with Crippen LogP contribution in [0.5, 0.6) is 5.75 Å². The third-order valence-electron chi connectivity index (χ3n) is 3.60. The third-order valence-corrected chi connectivity index (χ3v) is 3.60. The van der Waals surface area contributed by atoms with E-state index in [9.17, 15) is 13.6 Å². The van der Waals surface area contributed by atoms with E-state index >= 15 is 0 Å². The third kappa shape index (κ3) is 6.15. The summed E-state index contributed by atoms with van der Waals surface area (Å²) < 4.78 is 29.0. The molecule has 1 fully saturated rings. The lowest BCUT2D eigenvalue weighted by Gasteiger charge is -2.22. The van der Waals surface area contributed by atoms with Crippen LogP contribution in [0.4, 0.5) is 8.78 Å². The molecule has 124 valence electrons. The Hall–Kier alpha value is -1.40. The van der Waals surface area contributed by atoms with Crippen LogP contribution in [0.25, 0.3) is 0 Å². The number of hydrogen-bond acceptors (Lipinski definition) is 3. The van der Waals surface area contributed by atoms with Crippen molar-refractivity contribution >= 4 is 18.3 Å². The fraction of sp³-hybridized carbons (Fsp3) is 0.533. The molecule has 1 aliphatic rings. The van der Waals surface area contributed by atoms with Crippen molar-refractivity contribution in [2.45, 2.75) is 32.4 Å². The lowest BCUT2D eigenvalue weighted by atomic mass is 9.94. The monoisotopic (exact) mass is 334 g/mol. The Morgan fingerprint density at radius 3 is 2.68 bits per heavy atom. The first kappa shape index (κ1) is 18.6. The quantitative estimate of drug-likeness (QED) is 0.841. The van der Waals surface area contributed by atoms with Gasteiger partial charge in [-0.25, -0.2) is 0 Å². The molecule has 1 aliphatic heterocycles. The molecule has 7 heteroatoms. The van der Waals surface area contributed by atoms with Crippen molar-refractivity contribution in [3.8, 4) is 5.75 Å². The molecule has 0 unspecified atom stereocenters. The van der Waals surface area contributed by atoms with Gasteiger partial charge in [-0.1, -0.05) is 18.2 Å². The van der Waals surface area contributed by atoms with Crippen molar-refractivity contribution in [1.82, 2.24) is 10.6 Å². The number of carbonyl (C=O) groups is 1. The molecule has 2 N–H and O–H groups in total. The van der Waals surface area contributed by atoms with Gasteiger partial charge in [-0.05, 0) is 37.9 Å². The Morgan fingerprint density at radius 2 is 2.00 bits per heavy atom. The van der Waals surface area contributed by atoms with E-state index in [0.29, 0.717) is 17.9 Å². The molecule has 0 bridgehead atoms. The van der Waals surface area contributed by atoms with Crippen molar-refractivity contribution in [3.05, 3.63) is 29.8 Å². The summed E-state index contributed by atoms with van der Waals surface area (Å²) in [4.78, 5) is 11.9. The molecule has 1 heterocycles. The maximum absolute atomic E-state index is 12.3. The molecule has 4 nitrogen and oxygen atoms in total. The number of halogens is 3. The first-order valence-electron chi connectivity index (χ1n) is 7.15. The van der Waals surface area contributed by atoms with Gasteiger partial charge in [0.15, 0.2) is 0 Å². The maximum atomic E-state index is 12.3. The van der Waals surface area contributed by atoms with Crippen LogP contribution in [0.1, 0.15) is 24.8 Å². The van der Waals surface area contributed by atoms with Crippen LogP contribution < -0.4 is 15.4 Å². The van der Waals surface area contributed by atoms with Crippen LogP contribution in [0, 0.1) is 5.92 Å². The van der Waals surface area contributed by atoms with Crippen molar-refractivity contribution in [2.75, 3.05) is 13.1 Å². The highest BCUT2D eigenvalue weighted by Gasteiger charge is 2.17. The van der Waals surface area contributed by atoms with Crippen LogP contribution in [-0.4, -0.2) is 25.6 Å². The molecule has 0 atom stereocenters. The molecule has 0 saturated carbocycles. The van der Waals surface area contributed by atoms with Gasteiger partial charge in [0, 0.05) is 18.5 Å². The Bertz CT molecular complexity index is 469. The summed E-state index contributed by atoms with van der Waals surface area (Å²) in [7, 11) is 0. The second-order valence-electron chi connectivity index (χ2n) is 5.16. The summed E-state index contributed by atoms with van der Waals surface area (Å²) in [6.45, 7) is -0.768. The molecular weight excluding hydrogens is 314 g/mol. The average Bonchev–Trinajstić information content (AvgIpc) is 2.47. The van der Waals surface area contributed by atoms with E-state index in [-0.39, 0.29) is 30.6 Å². The van der Waals surface area contributed by atoms with E-state index in [1.807, 2.05) is 0 Å². The molecule has 0 radical (unpaired) electrons. The van der Waals surface area contributed by atoms with Crippen LogP contribution in [0.2, 0.25) is 0 Å². The number of benzene rings is 1. The predicted octanol–water partition coefficient (Wildman–Crippen LogP) is 2.72. The van der Waals surface area contributed by atoms with Gasteiger partial charge in [-0.2, -0.15) is 8.78 Å². The van der Waals surface area contributed by atoms with Gasteiger partial charge in [0.1, 0.15) is 5.75 Å². The van der Waals surface area contributed by atoms with Crippen molar-refractivity contribution in [3.63, 3.8) is 0 Å². The molecular formula is C15H21ClF2N2O2. The summed E-state index contributed by atoms with van der Waals surface area (Å²) in [6, 6.07) is 6.49. The highest BCUT2D eigenvalue weighted by Crippen LogP contribution is 2.20. The molecule has 2 rings (SSSR count). The second kappa shape index (κ2) is 9.58. The van der Waals surface area contributed by atoms with E-state index in [1.54, 1.807) is 18.2 Å². The zero-order valence-corrected chi connectivity index (χ0v) is 13.0. The van der Waals surface area contributed by atoms with Crippen molar-refractivity contribution < 1.29 is 18.3 Å². The number of piperidine rings is 1. The molecule has 0 aromatic heterocycles. The highest BCUT2D eigenvalue weighted by atomic mass is 35.5. The smallest absolute Gasteiger partial charge is 0.387 e. The van der Waals surface area contributed by atoms with E-state index in [1.165, 1.54) is 6.07 Å². The molecule has 1 aromatic rings. The van der Waals surface area contributed by atoms with Gasteiger partial charge in [0.2, 0.25) is 5.91 Å². The SMILES string of the molecule is Cl.O=C(CC1CCNCC1)NCc1ccccc1OC(F)F. The van der Waals surface area contributed by atoms with E-state index in [0.717, 1.165) is 25.9 Å². The van der Waals surface area contributed by atoms with Gasteiger partial charge >= 0.3 is 6.61 Å². The van der Waals surface area contributed by atoms with Gasteiger partial charge in [-0.3, -0.25) is 4.79 Å². The van der Waals surface area contributed by atoms with Gasteiger partial charge in [0.05, 0.1) is 0 Å². The molecule has 0 aliphatic carbocycles. The molecule has 0 spiro atoms. The largest absolute Gasteiger partial charge is 0.434 e. The predicted molar refractivity (Wildman–Crippen MR) is 82.4 cm³/mol. The lowest BCUT2D eigenvalue weighted by molar-refractivity contribution is -0.122. The molecule has 22 heavy (non-hydrogen) atoms. The fourth-order valence-electron chi connectivity index (χ4n) is 2.47. The van der Waals surface area contributed by atoms with Crippen LogP contribution in [0.15, 0.2) is 24.3 Å². The minimum Gasteiger partial charge on any atom is -0.434 e. The zero-order valence-electron chi connectivity index (χ0n) is 12.2. The second-order valence-corrected chi connectivity index (χ2v) is 5.16. The number of hydrogen-bond donors (Lipinski definition) is 2. The fourth-order valence-corrected chi connectivity index (χ4v) is 2.47. The van der Waals surface area contributed by atoms with Gasteiger partial charge in [0.25, 0.3) is 0 Å². The maximum Gasteiger partial charge on any atom is 0.387 e. The number of para-hydroxylation sites is 1. The number of carbonyl (C=O) groups excluding carboxylic acids is 1. The topological polar surface area (TPSA) is 50.4 Å². The summed E-state index contributed by atoms with van der Waals surface area (Å²) in [5.74, 6) is 0.460. The first-order valence-corrected chi connectivity index (χ1v) is 7.15. The van der Waals surface area contributed by atoms with Crippen LogP contribution >= 0.6 is 12.4 Å². The molecule has 1 amide bonds. The summed E-state index contributed by atoms with van der Waals surface area (Å²) in [5, 5.41) is 6.03. The Labute approximate surface area is 135 Å². The van der Waals surface area contributed by atoms with Gasteiger partial charge < -0.3 is 15.4 Å². The molecule has 1 aromatic carbocycles. The Kier molecular flexibility index (Phi) is 8.12. The molecule has 1 saturated heterocycles. The van der Waals surface area contributed by atoms with Crippen molar-refractivity contribution in [2.24, 2.45) is 5.92 Å². The van der Waals surface area contributed by atoms with Gasteiger partial charge in [-0.15, -0.1) is 12.4 Å². The van der Waals surface area contributed by atoms with Crippen LogP contribution in [-0.2, 0) is 11.3 Å². The summed E-state index contributed by atoms with van der Waals surface area (Å²) in [5.41, 5.74) is 0.552. The first-order chi connectivity index (χ1) is 10.1. The highest BCUT2D eigenvalue weighted by molar-refractivity contribution is 5.85. The van der Waals surface area contributed by atoms with Crippen molar-refractivity contribution in [1.29, 1.82) is 0 Å². The van der Waals surface area contributed by atoms with Crippen LogP contribution in [0.3, 0.4) is 0 Å². The Morgan fingerprint density at radius 1 is 1.32 bits per heavy atom. The minimum atomic E-state index is -2.86.